The predicted octanol–water partition coefficient (Wildman–Crippen LogP) is 0.877. The summed E-state index contributed by atoms with van der Waals surface area (Å²) in [6.45, 7) is 6.76. The van der Waals surface area contributed by atoms with Crippen LogP contribution >= 0.6 is 0 Å². The Morgan fingerprint density at radius 1 is 1.73 bits per heavy atom. The molecule has 0 fully saturated rings. The van der Waals surface area contributed by atoms with Gasteiger partial charge in [-0.15, -0.1) is 0 Å². The van der Waals surface area contributed by atoms with Crippen molar-refractivity contribution in [1.29, 1.82) is 0 Å². The smallest absolute Gasteiger partial charge is 0.330 e. The second kappa shape index (κ2) is 4.13. The van der Waals surface area contributed by atoms with Gasteiger partial charge in [0.2, 0.25) is 0 Å². The van der Waals surface area contributed by atoms with Crippen LogP contribution in [0.3, 0.4) is 0 Å². The fourth-order valence-corrected chi connectivity index (χ4v) is 0.634. The van der Waals surface area contributed by atoms with Gasteiger partial charge in [0, 0.05) is 19.1 Å². The molecule has 1 N–H and O–H groups in total. The van der Waals surface area contributed by atoms with Crippen molar-refractivity contribution in [1.82, 2.24) is 0 Å². The van der Waals surface area contributed by atoms with Gasteiger partial charge in [-0.3, -0.25) is 0 Å². The zero-order valence-electron chi connectivity index (χ0n) is 6.96. The zero-order valence-corrected chi connectivity index (χ0v) is 6.96. The van der Waals surface area contributed by atoms with Gasteiger partial charge >= 0.3 is 5.97 Å². The highest BCUT2D eigenvalue weighted by Crippen LogP contribution is 2.13. The van der Waals surface area contributed by atoms with E-state index in [1.807, 2.05) is 0 Å². The molecule has 0 aliphatic carbocycles. The molecule has 0 rings (SSSR count). The summed E-state index contributed by atoms with van der Waals surface area (Å²) in [7, 11) is 0. The number of ether oxygens (including phenoxy) is 1. The van der Waals surface area contributed by atoms with E-state index in [0.29, 0.717) is 6.42 Å². The van der Waals surface area contributed by atoms with E-state index in [4.69, 9.17) is 9.84 Å². The van der Waals surface area contributed by atoms with Crippen LogP contribution in [0.2, 0.25) is 0 Å². The monoisotopic (exact) mass is 158 g/mol. The van der Waals surface area contributed by atoms with Gasteiger partial charge in [-0.05, 0) is 13.8 Å². The average Bonchev–Trinajstić information content (AvgIpc) is 1.86. The number of carbonyl (C=O) groups excluding carboxylic acids is 1. The van der Waals surface area contributed by atoms with Gasteiger partial charge in [0.15, 0.2) is 0 Å². The van der Waals surface area contributed by atoms with Gasteiger partial charge in [0.05, 0.1) is 0 Å². The highest BCUT2D eigenvalue weighted by atomic mass is 16.6. The second-order valence-electron chi connectivity index (χ2n) is 2.86. The number of esters is 1. The van der Waals surface area contributed by atoms with Gasteiger partial charge in [-0.1, -0.05) is 6.58 Å². The summed E-state index contributed by atoms with van der Waals surface area (Å²) >= 11 is 0. The molecule has 3 nitrogen and oxygen atoms in total. The highest BCUT2D eigenvalue weighted by molar-refractivity contribution is 5.81. The van der Waals surface area contributed by atoms with Crippen LogP contribution in [0.1, 0.15) is 20.3 Å². The third kappa shape index (κ3) is 4.56. The van der Waals surface area contributed by atoms with Crippen LogP contribution in [0.15, 0.2) is 12.7 Å². The van der Waals surface area contributed by atoms with Gasteiger partial charge < -0.3 is 9.84 Å². The van der Waals surface area contributed by atoms with E-state index >= 15 is 0 Å². The number of aliphatic hydroxyl groups excluding tert-OH is 1. The largest absolute Gasteiger partial charge is 0.456 e. The molecule has 64 valence electrons. The Morgan fingerprint density at radius 2 is 2.27 bits per heavy atom. The van der Waals surface area contributed by atoms with Crippen LogP contribution in [-0.4, -0.2) is 23.3 Å². The Kier molecular flexibility index (Phi) is 3.82. The summed E-state index contributed by atoms with van der Waals surface area (Å²) in [5.41, 5.74) is -0.597. The summed E-state index contributed by atoms with van der Waals surface area (Å²) in [5, 5.41) is 8.57. The molecule has 0 saturated heterocycles. The van der Waals surface area contributed by atoms with Crippen LogP contribution in [0, 0.1) is 0 Å². The number of carbonyl (C=O) groups is 1. The van der Waals surface area contributed by atoms with E-state index in [2.05, 4.69) is 6.58 Å². The number of hydrogen-bond donors (Lipinski definition) is 1. The lowest BCUT2D eigenvalue weighted by Crippen LogP contribution is -2.28. The molecule has 3 heteroatoms. The predicted molar refractivity (Wildman–Crippen MR) is 42.1 cm³/mol. The lowest BCUT2D eigenvalue weighted by atomic mass is 10.1. The molecule has 0 spiro atoms. The molecule has 0 radical (unpaired) electrons. The quantitative estimate of drug-likeness (QED) is 0.488. The molecule has 0 bridgehead atoms. The number of hydrogen-bond acceptors (Lipinski definition) is 3. The third-order valence-corrected chi connectivity index (χ3v) is 1.26. The summed E-state index contributed by atoms with van der Waals surface area (Å²) in [6.07, 6.45) is 1.55. The molecule has 0 aromatic rings. The Balaban J connectivity index is 3.89. The molecule has 0 heterocycles. The normalized spacial score (nSPS) is 10.8. The SMILES string of the molecule is C=CC(=O)OC(C)(C)CCO. The lowest BCUT2D eigenvalue weighted by Gasteiger charge is -2.22. The van der Waals surface area contributed by atoms with Crippen LogP contribution in [0.25, 0.3) is 0 Å². The van der Waals surface area contributed by atoms with Crippen molar-refractivity contribution in [3.8, 4) is 0 Å². The maximum absolute atomic E-state index is 10.7. The number of aliphatic hydroxyl groups is 1. The topological polar surface area (TPSA) is 46.5 Å². The van der Waals surface area contributed by atoms with Crippen molar-refractivity contribution >= 4 is 5.97 Å². The zero-order chi connectivity index (χ0) is 8.91. The third-order valence-electron chi connectivity index (χ3n) is 1.26. The first kappa shape index (κ1) is 10.2. The van der Waals surface area contributed by atoms with Crippen LogP contribution < -0.4 is 0 Å². The summed E-state index contributed by atoms with van der Waals surface area (Å²) in [5.74, 6) is -0.455. The van der Waals surface area contributed by atoms with Crippen molar-refractivity contribution in [3.05, 3.63) is 12.7 Å². The van der Waals surface area contributed by atoms with Gasteiger partial charge in [-0.2, -0.15) is 0 Å². The molecule has 0 atom stereocenters. The molecule has 0 aromatic heterocycles. The van der Waals surface area contributed by atoms with Crippen LogP contribution in [0.5, 0.6) is 0 Å². The Hall–Kier alpha value is -0.830. The molecule has 0 saturated carbocycles. The standard InChI is InChI=1S/C8H14O3/c1-4-7(10)11-8(2,3)5-6-9/h4,9H,1,5-6H2,2-3H3. The van der Waals surface area contributed by atoms with Crippen molar-refractivity contribution in [3.63, 3.8) is 0 Å². The minimum Gasteiger partial charge on any atom is -0.456 e. The molecule has 11 heavy (non-hydrogen) atoms. The fourth-order valence-electron chi connectivity index (χ4n) is 0.634. The Bertz CT molecular complexity index is 149. The molecule has 0 unspecified atom stereocenters. The van der Waals surface area contributed by atoms with Crippen LogP contribution in [-0.2, 0) is 9.53 Å². The maximum atomic E-state index is 10.7. The molecular formula is C8H14O3. The first-order valence-electron chi connectivity index (χ1n) is 3.48. The molecule has 0 amide bonds. The highest BCUT2D eigenvalue weighted by Gasteiger charge is 2.20. The van der Waals surface area contributed by atoms with Gasteiger partial charge in [0.1, 0.15) is 5.60 Å². The van der Waals surface area contributed by atoms with Crippen molar-refractivity contribution < 1.29 is 14.6 Å². The Labute approximate surface area is 66.7 Å². The van der Waals surface area contributed by atoms with E-state index < -0.39 is 11.6 Å². The molecule has 0 aromatic carbocycles. The first-order valence-corrected chi connectivity index (χ1v) is 3.48. The lowest BCUT2D eigenvalue weighted by molar-refractivity contribution is -0.151. The van der Waals surface area contributed by atoms with E-state index in [1.165, 1.54) is 0 Å². The minimum atomic E-state index is -0.597. The van der Waals surface area contributed by atoms with Gasteiger partial charge in [-0.25, -0.2) is 4.79 Å². The van der Waals surface area contributed by atoms with E-state index in [9.17, 15) is 4.79 Å². The molecular weight excluding hydrogens is 144 g/mol. The minimum absolute atomic E-state index is 0.0113. The van der Waals surface area contributed by atoms with Crippen LogP contribution in [0.4, 0.5) is 0 Å². The van der Waals surface area contributed by atoms with Crippen molar-refractivity contribution in [2.45, 2.75) is 25.9 Å². The summed E-state index contributed by atoms with van der Waals surface area (Å²) < 4.78 is 4.91. The van der Waals surface area contributed by atoms with Crippen molar-refractivity contribution in [2.75, 3.05) is 6.61 Å². The second-order valence-corrected chi connectivity index (χ2v) is 2.86. The van der Waals surface area contributed by atoms with Gasteiger partial charge in [0.25, 0.3) is 0 Å². The van der Waals surface area contributed by atoms with E-state index in [-0.39, 0.29) is 6.61 Å². The van der Waals surface area contributed by atoms with E-state index in [1.54, 1.807) is 13.8 Å². The summed E-state index contributed by atoms with van der Waals surface area (Å²) in [4.78, 5) is 10.7. The van der Waals surface area contributed by atoms with Crippen molar-refractivity contribution in [2.24, 2.45) is 0 Å². The summed E-state index contributed by atoms with van der Waals surface area (Å²) in [6, 6.07) is 0. The first-order chi connectivity index (χ1) is 5.02. The Morgan fingerprint density at radius 3 is 2.64 bits per heavy atom. The number of rotatable bonds is 4. The van der Waals surface area contributed by atoms with E-state index in [0.717, 1.165) is 6.08 Å². The maximum Gasteiger partial charge on any atom is 0.330 e. The fraction of sp³-hybridized carbons (Fsp3) is 0.625. The molecule has 0 aliphatic rings. The molecule has 0 aliphatic heterocycles. The average molecular weight is 158 g/mol.